The fraction of sp³-hybridized carbons (Fsp3) is 0.458. The highest BCUT2D eigenvalue weighted by molar-refractivity contribution is 7.89. The van der Waals surface area contributed by atoms with Crippen LogP contribution in [0, 0.1) is 0 Å². The van der Waals surface area contributed by atoms with E-state index >= 15 is 0 Å². The van der Waals surface area contributed by atoms with Crippen molar-refractivity contribution >= 4 is 37.6 Å². The van der Waals surface area contributed by atoms with Gasteiger partial charge in [0, 0.05) is 26.2 Å². The summed E-state index contributed by atoms with van der Waals surface area (Å²) in [5.41, 5.74) is 0.699. The molecule has 1 N–H and O–H groups in total. The minimum absolute atomic E-state index is 0.0314. The zero-order valence-corrected chi connectivity index (χ0v) is 22.8. The molecular weight excluding hydrogens is 526 g/mol. The van der Waals surface area contributed by atoms with Crippen LogP contribution in [0.1, 0.15) is 38.7 Å². The van der Waals surface area contributed by atoms with Crippen molar-refractivity contribution in [3.63, 3.8) is 0 Å². The summed E-state index contributed by atoms with van der Waals surface area (Å²) in [7, 11) is -7.48. The molecule has 0 bridgehead atoms. The summed E-state index contributed by atoms with van der Waals surface area (Å²) in [6, 6.07) is 10.5. The topological polar surface area (TPSA) is 113 Å². The average Bonchev–Trinajstić information content (AvgIpc) is 2.88. The van der Waals surface area contributed by atoms with Gasteiger partial charge in [-0.05, 0) is 55.7 Å². The smallest absolute Gasteiger partial charge is 0.243 e. The molecule has 1 fully saturated rings. The van der Waals surface area contributed by atoms with Gasteiger partial charge in [0.05, 0.1) is 28.0 Å². The molecule has 1 saturated heterocycles. The maximum atomic E-state index is 13.0. The van der Waals surface area contributed by atoms with Crippen molar-refractivity contribution in [3.05, 3.63) is 53.1 Å². The van der Waals surface area contributed by atoms with Crippen LogP contribution in [0.25, 0.3) is 0 Å². The van der Waals surface area contributed by atoms with E-state index in [1.54, 1.807) is 26.0 Å². The van der Waals surface area contributed by atoms with Crippen LogP contribution >= 0.6 is 11.6 Å². The molecule has 1 aliphatic heterocycles. The van der Waals surface area contributed by atoms with E-state index < -0.39 is 26.0 Å². The minimum atomic E-state index is -3.95. The SMILES string of the molecule is CCOc1ccc(S(=O)(=O)N(CC)CC(=O)NCc2ccc(S(=O)(=O)N3CCCCC3)cc2)cc1Cl. The Kier molecular flexibility index (Phi) is 9.76. The third-order valence-corrected chi connectivity index (χ3v) is 10.0. The number of carbonyl (C=O) groups excluding carboxylic acids is 1. The molecule has 0 aliphatic carbocycles. The van der Waals surface area contributed by atoms with Gasteiger partial charge in [-0.15, -0.1) is 0 Å². The van der Waals surface area contributed by atoms with Crippen LogP contribution in [-0.4, -0.2) is 64.1 Å². The van der Waals surface area contributed by atoms with Gasteiger partial charge in [-0.2, -0.15) is 8.61 Å². The molecular formula is C24H32ClN3O6S2. The zero-order valence-electron chi connectivity index (χ0n) is 20.4. The van der Waals surface area contributed by atoms with E-state index in [0.29, 0.717) is 31.0 Å². The third kappa shape index (κ3) is 6.77. The summed E-state index contributed by atoms with van der Waals surface area (Å²) in [6.45, 7) is 4.74. The molecule has 36 heavy (non-hydrogen) atoms. The zero-order chi connectivity index (χ0) is 26.3. The van der Waals surface area contributed by atoms with Crippen LogP contribution in [0.4, 0.5) is 0 Å². The molecule has 2 aromatic rings. The van der Waals surface area contributed by atoms with Crippen LogP contribution < -0.4 is 10.1 Å². The lowest BCUT2D eigenvalue weighted by Crippen LogP contribution is -2.40. The number of halogens is 1. The van der Waals surface area contributed by atoms with Crippen molar-refractivity contribution in [2.75, 3.05) is 32.8 Å². The van der Waals surface area contributed by atoms with Gasteiger partial charge in [0.15, 0.2) is 0 Å². The van der Waals surface area contributed by atoms with E-state index in [2.05, 4.69) is 5.32 Å². The van der Waals surface area contributed by atoms with Gasteiger partial charge in [0.25, 0.3) is 0 Å². The van der Waals surface area contributed by atoms with Gasteiger partial charge >= 0.3 is 0 Å². The molecule has 3 rings (SSSR count). The Morgan fingerprint density at radius 3 is 2.22 bits per heavy atom. The number of nitrogens with one attached hydrogen (secondary N) is 1. The molecule has 1 heterocycles. The Hall–Kier alpha value is -2.18. The van der Waals surface area contributed by atoms with E-state index in [0.717, 1.165) is 23.6 Å². The lowest BCUT2D eigenvalue weighted by Gasteiger charge is -2.25. The maximum absolute atomic E-state index is 13.0. The molecule has 1 amide bonds. The van der Waals surface area contributed by atoms with Gasteiger partial charge in [-0.3, -0.25) is 4.79 Å². The van der Waals surface area contributed by atoms with E-state index in [-0.39, 0.29) is 34.4 Å². The number of ether oxygens (including phenoxy) is 1. The van der Waals surface area contributed by atoms with Gasteiger partial charge in [-0.1, -0.05) is 37.1 Å². The summed E-state index contributed by atoms with van der Waals surface area (Å²) in [5, 5.41) is 2.87. The summed E-state index contributed by atoms with van der Waals surface area (Å²) >= 11 is 6.14. The van der Waals surface area contributed by atoms with Gasteiger partial charge < -0.3 is 10.1 Å². The number of carbonyl (C=O) groups is 1. The van der Waals surface area contributed by atoms with Crippen molar-refractivity contribution in [1.82, 2.24) is 13.9 Å². The fourth-order valence-electron chi connectivity index (χ4n) is 3.88. The summed E-state index contributed by atoms with van der Waals surface area (Å²) < 4.78 is 59.6. The van der Waals surface area contributed by atoms with Crippen LogP contribution in [0.2, 0.25) is 5.02 Å². The molecule has 0 spiro atoms. The molecule has 0 unspecified atom stereocenters. The molecule has 0 atom stereocenters. The van der Waals surface area contributed by atoms with Crippen molar-refractivity contribution in [2.24, 2.45) is 0 Å². The first-order chi connectivity index (χ1) is 17.1. The van der Waals surface area contributed by atoms with Crippen molar-refractivity contribution in [3.8, 4) is 5.75 Å². The predicted octanol–water partition coefficient (Wildman–Crippen LogP) is 3.24. The van der Waals surface area contributed by atoms with Crippen molar-refractivity contribution in [2.45, 2.75) is 49.4 Å². The molecule has 0 radical (unpaired) electrons. The molecule has 198 valence electrons. The second kappa shape index (κ2) is 12.4. The van der Waals surface area contributed by atoms with Crippen LogP contribution in [-0.2, 0) is 31.4 Å². The number of amides is 1. The predicted molar refractivity (Wildman–Crippen MR) is 138 cm³/mol. The number of likely N-dealkylation sites (N-methyl/N-ethyl adjacent to an activating group) is 1. The van der Waals surface area contributed by atoms with Crippen LogP contribution in [0.3, 0.4) is 0 Å². The average molecular weight is 558 g/mol. The largest absolute Gasteiger partial charge is 0.492 e. The first kappa shape index (κ1) is 28.4. The molecule has 0 aromatic heterocycles. The fourth-order valence-corrected chi connectivity index (χ4v) is 7.13. The van der Waals surface area contributed by atoms with E-state index in [1.165, 1.54) is 34.6 Å². The number of rotatable bonds is 11. The van der Waals surface area contributed by atoms with Crippen LogP contribution in [0.5, 0.6) is 5.75 Å². The van der Waals surface area contributed by atoms with E-state index in [4.69, 9.17) is 16.3 Å². The van der Waals surface area contributed by atoms with E-state index in [9.17, 15) is 21.6 Å². The summed E-state index contributed by atoms with van der Waals surface area (Å²) in [5.74, 6) is -0.101. The molecule has 0 saturated carbocycles. The number of hydrogen-bond acceptors (Lipinski definition) is 6. The number of hydrogen-bond donors (Lipinski definition) is 1. The second-order valence-electron chi connectivity index (χ2n) is 8.34. The molecule has 1 aliphatic rings. The first-order valence-electron chi connectivity index (χ1n) is 11.9. The molecule has 12 heteroatoms. The van der Waals surface area contributed by atoms with Crippen molar-refractivity contribution < 1.29 is 26.4 Å². The highest BCUT2D eigenvalue weighted by Gasteiger charge is 2.27. The Morgan fingerprint density at radius 1 is 1.00 bits per heavy atom. The monoisotopic (exact) mass is 557 g/mol. The van der Waals surface area contributed by atoms with Crippen molar-refractivity contribution in [1.29, 1.82) is 0 Å². The quantitative estimate of drug-likeness (QED) is 0.454. The third-order valence-electron chi connectivity index (χ3n) is 5.88. The summed E-state index contributed by atoms with van der Waals surface area (Å²) in [4.78, 5) is 12.7. The number of sulfonamides is 2. The highest BCUT2D eigenvalue weighted by Crippen LogP contribution is 2.28. The van der Waals surface area contributed by atoms with Gasteiger partial charge in [0.2, 0.25) is 26.0 Å². The number of nitrogens with zero attached hydrogens (tertiary/aromatic N) is 2. The Labute approximate surface area is 218 Å². The van der Waals surface area contributed by atoms with Gasteiger partial charge in [-0.25, -0.2) is 16.8 Å². The number of benzene rings is 2. The normalized spacial score (nSPS) is 15.1. The Balaban J connectivity index is 1.61. The highest BCUT2D eigenvalue weighted by atomic mass is 35.5. The second-order valence-corrected chi connectivity index (χ2v) is 12.6. The standard InChI is InChI=1S/C24H32ClN3O6S2/c1-3-27(36(32,33)21-12-13-23(34-4-2)22(25)16-21)18-24(29)26-17-19-8-10-20(11-9-19)35(30,31)28-14-6-5-7-15-28/h8-13,16H,3-7,14-15,17-18H2,1-2H3,(H,26,29). The first-order valence-corrected chi connectivity index (χ1v) is 15.1. The Bertz CT molecular complexity index is 1260. The number of piperidine rings is 1. The van der Waals surface area contributed by atoms with Gasteiger partial charge in [0.1, 0.15) is 5.75 Å². The molecule has 2 aromatic carbocycles. The van der Waals surface area contributed by atoms with Crippen LogP contribution in [0.15, 0.2) is 52.3 Å². The van der Waals surface area contributed by atoms with E-state index in [1.807, 2.05) is 0 Å². The molecule has 9 nitrogen and oxygen atoms in total. The minimum Gasteiger partial charge on any atom is -0.492 e. The lowest BCUT2D eigenvalue weighted by molar-refractivity contribution is -0.121. The maximum Gasteiger partial charge on any atom is 0.243 e. The Morgan fingerprint density at radius 2 is 1.64 bits per heavy atom. The summed E-state index contributed by atoms with van der Waals surface area (Å²) in [6.07, 6.45) is 2.76. The lowest BCUT2D eigenvalue weighted by atomic mass is 10.2.